The third kappa shape index (κ3) is 3.86. The molecule has 104 valence electrons. The van der Waals surface area contributed by atoms with Gasteiger partial charge in [-0.15, -0.1) is 0 Å². The largest absolute Gasteiger partial charge is 0.385 e. The van der Waals surface area contributed by atoms with E-state index in [9.17, 15) is 15.0 Å². The fraction of sp³-hybridized carbons (Fsp3) is 0.533. The summed E-state index contributed by atoms with van der Waals surface area (Å²) in [6.07, 6.45) is 1.85. The topological polar surface area (TPSA) is 60.8 Å². The molecular weight excluding hydrogens is 242 g/mol. The second-order valence-electron chi connectivity index (χ2n) is 5.05. The second kappa shape index (κ2) is 6.80. The Kier molecular flexibility index (Phi) is 5.07. The minimum Gasteiger partial charge on any atom is -0.385 e. The first-order valence-electron chi connectivity index (χ1n) is 6.88. The van der Waals surface area contributed by atoms with Crippen molar-refractivity contribution >= 4 is 5.78 Å². The first kappa shape index (κ1) is 14.2. The molecule has 0 spiro atoms. The highest BCUT2D eigenvalue weighted by molar-refractivity contribution is 5.99. The Labute approximate surface area is 113 Å². The third-order valence-corrected chi connectivity index (χ3v) is 3.63. The molecule has 0 aliphatic carbocycles. The molecule has 0 amide bonds. The number of carbonyl (C=O) groups excluding carboxylic acids is 1. The average molecular weight is 263 g/mol. The third-order valence-electron chi connectivity index (χ3n) is 3.63. The first-order chi connectivity index (χ1) is 9.18. The number of rotatable bonds is 5. The number of Topliss-reactive ketones (excluding diaryl/α,β-unsaturated/α-hetero) is 1. The molecule has 0 saturated carbocycles. The van der Waals surface area contributed by atoms with E-state index in [0.717, 1.165) is 25.8 Å². The molecule has 1 aromatic rings. The lowest BCUT2D eigenvalue weighted by Gasteiger charge is -2.32. The second-order valence-corrected chi connectivity index (χ2v) is 5.05. The van der Waals surface area contributed by atoms with Crippen LogP contribution in [0, 0.1) is 0 Å². The van der Waals surface area contributed by atoms with Crippen LogP contribution in [0.3, 0.4) is 0 Å². The zero-order chi connectivity index (χ0) is 13.7. The van der Waals surface area contributed by atoms with Crippen molar-refractivity contribution in [2.75, 3.05) is 13.1 Å². The van der Waals surface area contributed by atoms with Crippen LogP contribution in [0.25, 0.3) is 0 Å². The number of likely N-dealkylation sites (tertiary alicyclic amines) is 1. The van der Waals surface area contributed by atoms with Gasteiger partial charge in [-0.25, -0.2) is 0 Å². The molecule has 1 aliphatic rings. The summed E-state index contributed by atoms with van der Waals surface area (Å²) in [6, 6.07) is 8.83. The molecular formula is C15H21NO3. The van der Waals surface area contributed by atoms with E-state index < -0.39 is 12.3 Å². The number of hydrogen-bond acceptors (Lipinski definition) is 4. The summed E-state index contributed by atoms with van der Waals surface area (Å²) in [7, 11) is 0. The van der Waals surface area contributed by atoms with E-state index in [4.69, 9.17) is 0 Å². The van der Waals surface area contributed by atoms with Gasteiger partial charge in [0.05, 0.1) is 0 Å². The zero-order valence-corrected chi connectivity index (χ0v) is 11.0. The lowest BCUT2D eigenvalue weighted by molar-refractivity contribution is -0.0289. The van der Waals surface area contributed by atoms with Crippen LogP contribution in [0.2, 0.25) is 0 Å². The van der Waals surface area contributed by atoms with Gasteiger partial charge in [0.2, 0.25) is 0 Å². The van der Waals surface area contributed by atoms with Gasteiger partial charge in [0.15, 0.2) is 5.78 Å². The van der Waals surface area contributed by atoms with Gasteiger partial charge in [-0.1, -0.05) is 30.3 Å². The Bertz CT molecular complexity index is 407. The Morgan fingerprint density at radius 1 is 1.32 bits per heavy atom. The predicted molar refractivity (Wildman–Crippen MR) is 72.8 cm³/mol. The number of aliphatic hydroxyl groups excluding tert-OH is 2. The summed E-state index contributed by atoms with van der Waals surface area (Å²) >= 11 is 0. The zero-order valence-electron chi connectivity index (χ0n) is 11.0. The van der Waals surface area contributed by atoms with Crippen molar-refractivity contribution in [1.82, 2.24) is 4.90 Å². The molecule has 2 atom stereocenters. The summed E-state index contributed by atoms with van der Waals surface area (Å²) in [6.45, 7) is 1.40. The van der Waals surface area contributed by atoms with Crippen molar-refractivity contribution in [3.8, 4) is 0 Å². The Hall–Kier alpha value is -1.23. The van der Waals surface area contributed by atoms with Crippen molar-refractivity contribution in [1.29, 1.82) is 0 Å². The maximum atomic E-state index is 12.0. The molecule has 1 saturated heterocycles. The predicted octanol–water partition coefficient (Wildman–Crippen LogP) is 1.42. The Morgan fingerprint density at radius 2 is 2.05 bits per heavy atom. The van der Waals surface area contributed by atoms with Crippen molar-refractivity contribution in [2.24, 2.45) is 0 Å². The van der Waals surface area contributed by atoms with E-state index >= 15 is 0 Å². The van der Waals surface area contributed by atoms with E-state index in [1.54, 1.807) is 24.3 Å². The highest BCUT2D eigenvalue weighted by atomic mass is 16.3. The molecule has 4 nitrogen and oxygen atoms in total. The van der Waals surface area contributed by atoms with Crippen molar-refractivity contribution < 1.29 is 15.0 Å². The highest BCUT2D eigenvalue weighted by Crippen LogP contribution is 2.16. The van der Waals surface area contributed by atoms with E-state index in [-0.39, 0.29) is 5.78 Å². The van der Waals surface area contributed by atoms with Crippen molar-refractivity contribution in [3.05, 3.63) is 35.9 Å². The van der Waals surface area contributed by atoms with Crippen molar-refractivity contribution in [2.45, 2.75) is 38.0 Å². The number of nitrogens with zero attached hydrogens (tertiary/aromatic N) is 1. The molecule has 0 aromatic heterocycles. The molecule has 0 radical (unpaired) electrons. The monoisotopic (exact) mass is 263 g/mol. The smallest absolute Gasteiger partial charge is 0.191 e. The number of carbonyl (C=O) groups is 1. The van der Waals surface area contributed by atoms with E-state index in [2.05, 4.69) is 0 Å². The Morgan fingerprint density at radius 3 is 2.74 bits per heavy atom. The standard InChI is InChI=1S/C15H21NO3/c17-13(15(19)12-6-2-1-3-7-12)9-11-16-10-5-4-8-14(16)18/h1-3,6-7,13-14,17-18H,4-5,8-11H2. The highest BCUT2D eigenvalue weighted by Gasteiger charge is 2.22. The van der Waals surface area contributed by atoms with Gasteiger partial charge in [-0.3, -0.25) is 9.69 Å². The van der Waals surface area contributed by atoms with E-state index in [0.29, 0.717) is 18.5 Å². The summed E-state index contributed by atoms with van der Waals surface area (Å²) in [4.78, 5) is 13.9. The summed E-state index contributed by atoms with van der Waals surface area (Å²) in [5.74, 6) is -0.243. The number of aliphatic hydroxyl groups is 2. The van der Waals surface area contributed by atoms with Crippen LogP contribution in [0.4, 0.5) is 0 Å². The molecule has 2 rings (SSSR count). The van der Waals surface area contributed by atoms with Gasteiger partial charge in [0, 0.05) is 18.7 Å². The van der Waals surface area contributed by atoms with E-state index in [1.165, 1.54) is 0 Å². The molecule has 4 heteroatoms. The van der Waals surface area contributed by atoms with Gasteiger partial charge < -0.3 is 10.2 Å². The van der Waals surface area contributed by atoms with Gasteiger partial charge >= 0.3 is 0 Å². The normalized spacial score (nSPS) is 22.1. The van der Waals surface area contributed by atoms with Crippen LogP contribution in [0.5, 0.6) is 0 Å². The molecule has 1 aliphatic heterocycles. The van der Waals surface area contributed by atoms with Crippen LogP contribution in [0.1, 0.15) is 36.0 Å². The Balaban J connectivity index is 1.84. The number of benzene rings is 1. The maximum absolute atomic E-state index is 12.0. The minimum atomic E-state index is -0.989. The van der Waals surface area contributed by atoms with Gasteiger partial charge in [0.1, 0.15) is 12.3 Å². The average Bonchev–Trinajstić information content (AvgIpc) is 2.46. The molecule has 19 heavy (non-hydrogen) atoms. The van der Waals surface area contributed by atoms with Gasteiger partial charge in [0.25, 0.3) is 0 Å². The summed E-state index contributed by atoms with van der Waals surface area (Å²) < 4.78 is 0. The lowest BCUT2D eigenvalue weighted by Crippen LogP contribution is -2.41. The molecule has 2 unspecified atom stereocenters. The number of piperidine rings is 1. The van der Waals surface area contributed by atoms with Gasteiger partial charge in [-0.05, 0) is 25.7 Å². The number of ketones is 1. The van der Waals surface area contributed by atoms with E-state index in [1.807, 2.05) is 11.0 Å². The van der Waals surface area contributed by atoms with Crippen LogP contribution < -0.4 is 0 Å². The lowest BCUT2D eigenvalue weighted by atomic mass is 10.0. The van der Waals surface area contributed by atoms with Crippen molar-refractivity contribution in [3.63, 3.8) is 0 Å². The fourth-order valence-corrected chi connectivity index (χ4v) is 2.45. The van der Waals surface area contributed by atoms with Crippen LogP contribution in [-0.2, 0) is 0 Å². The molecule has 1 heterocycles. The van der Waals surface area contributed by atoms with Crippen LogP contribution in [-0.4, -0.2) is 46.3 Å². The number of hydrogen-bond donors (Lipinski definition) is 2. The summed E-state index contributed by atoms with van der Waals surface area (Å²) in [5.41, 5.74) is 0.536. The maximum Gasteiger partial charge on any atom is 0.191 e. The first-order valence-corrected chi connectivity index (χ1v) is 6.88. The molecule has 1 fully saturated rings. The van der Waals surface area contributed by atoms with Gasteiger partial charge in [-0.2, -0.15) is 0 Å². The summed E-state index contributed by atoms with van der Waals surface area (Å²) in [5, 5.41) is 19.7. The molecule has 2 N–H and O–H groups in total. The fourth-order valence-electron chi connectivity index (χ4n) is 2.45. The SMILES string of the molecule is O=C(c1ccccc1)C(O)CCN1CCCCC1O. The minimum absolute atomic E-state index is 0.243. The van der Waals surface area contributed by atoms with Crippen LogP contribution in [0.15, 0.2) is 30.3 Å². The van der Waals surface area contributed by atoms with Crippen LogP contribution >= 0.6 is 0 Å². The molecule has 0 bridgehead atoms. The molecule has 1 aromatic carbocycles. The quantitative estimate of drug-likeness (QED) is 0.789.